The minimum absolute atomic E-state index is 0. The standard InChI is InChI=1S/C12H16Si.2ClH.Zr/c1-13(2)12-9-5-8-11(12)10-6-3-4-7-10;;;/h3-6,9,13H,7-8H2,1-2H3;2*1H;/q;;;+2/p-2. The zero-order chi connectivity index (χ0) is 9.26. The first-order valence-corrected chi connectivity index (χ1v) is 7.93. The molecule has 0 aliphatic heterocycles. The largest absolute Gasteiger partial charge is 2.00 e. The molecular formula is C12H16Cl2SiZr. The van der Waals surface area contributed by atoms with Crippen LogP contribution in [0.25, 0.3) is 0 Å². The Labute approximate surface area is 132 Å². The van der Waals surface area contributed by atoms with Crippen molar-refractivity contribution in [2.45, 2.75) is 25.9 Å². The smallest absolute Gasteiger partial charge is 1.00 e. The van der Waals surface area contributed by atoms with E-state index in [1.807, 2.05) is 0 Å². The average Bonchev–Trinajstić information content (AvgIpc) is 2.74. The van der Waals surface area contributed by atoms with Crippen molar-refractivity contribution in [1.82, 2.24) is 0 Å². The van der Waals surface area contributed by atoms with E-state index in [2.05, 4.69) is 43.5 Å². The summed E-state index contributed by atoms with van der Waals surface area (Å²) in [5, 5.41) is 1.68. The van der Waals surface area contributed by atoms with Crippen LogP contribution in [0.3, 0.4) is 0 Å². The van der Waals surface area contributed by atoms with Crippen LogP contribution in [0.4, 0.5) is 0 Å². The van der Waals surface area contributed by atoms with Crippen molar-refractivity contribution in [2.75, 3.05) is 0 Å². The van der Waals surface area contributed by atoms with Gasteiger partial charge in [0.1, 0.15) is 0 Å². The monoisotopic (exact) mass is 348 g/mol. The molecule has 4 heteroatoms. The van der Waals surface area contributed by atoms with Gasteiger partial charge in [-0.2, -0.15) is 0 Å². The van der Waals surface area contributed by atoms with Gasteiger partial charge in [-0.3, -0.25) is 0 Å². The fourth-order valence-electron chi connectivity index (χ4n) is 2.05. The second-order valence-electron chi connectivity index (χ2n) is 4.02. The van der Waals surface area contributed by atoms with Crippen molar-refractivity contribution in [3.05, 3.63) is 46.7 Å². The van der Waals surface area contributed by atoms with Gasteiger partial charge in [0, 0.05) is 0 Å². The van der Waals surface area contributed by atoms with Crippen LogP contribution in [-0.4, -0.2) is 8.80 Å². The van der Waals surface area contributed by atoms with Crippen molar-refractivity contribution in [2.24, 2.45) is 0 Å². The van der Waals surface area contributed by atoms with Crippen molar-refractivity contribution in [3.8, 4) is 0 Å². The Morgan fingerprint density at radius 3 is 2.25 bits per heavy atom. The maximum atomic E-state index is 2.41. The van der Waals surface area contributed by atoms with Crippen LogP contribution in [0.2, 0.25) is 13.1 Å². The summed E-state index contributed by atoms with van der Waals surface area (Å²) in [7, 11) is -0.613. The minimum Gasteiger partial charge on any atom is -1.00 e. The van der Waals surface area contributed by atoms with E-state index >= 15 is 0 Å². The predicted molar refractivity (Wildman–Crippen MR) is 61.5 cm³/mol. The third-order valence-corrected chi connectivity index (χ3v) is 4.53. The van der Waals surface area contributed by atoms with Gasteiger partial charge in [0.2, 0.25) is 0 Å². The summed E-state index contributed by atoms with van der Waals surface area (Å²) in [6.45, 7) is 4.82. The maximum Gasteiger partial charge on any atom is 2.00 e. The van der Waals surface area contributed by atoms with E-state index in [4.69, 9.17) is 0 Å². The van der Waals surface area contributed by atoms with E-state index in [0.717, 1.165) is 6.42 Å². The Bertz CT molecular complexity index is 341. The molecule has 2 aliphatic carbocycles. The van der Waals surface area contributed by atoms with Gasteiger partial charge >= 0.3 is 26.2 Å². The minimum atomic E-state index is -0.613. The van der Waals surface area contributed by atoms with Gasteiger partial charge in [0.25, 0.3) is 0 Å². The molecule has 0 aromatic rings. The van der Waals surface area contributed by atoms with Crippen LogP contribution in [0, 0.1) is 0 Å². The Kier molecular flexibility index (Phi) is 10.3. The molecule has 0 N–H and O–H groups in total. The molecule has 0 aromatic carbocycles. The molecule has 0 unspecified atom stereocenters. The van der Waals surface area contributed by atoms with Gasteiger partial charge in [0.05, 0.1) is 8.80 Å². The first-order valence-electron chi connectivity index (χ1n) is 5.04. The van der Waals surface area contributed by atoms with Gasteiger partial charge in [-0.25, -0.2) is 0 Å². The quantitative estimate of drug-likeness (QED) is 0.471. The van der Waals surface area contributed by atoms with Gasteiger partial charge < -0.3 is 24.8 Å². The summed E-state index contributed by atoms with van der Waals surface area (Å²) in [6.07, 6.45) is 13.7. The molecule has 0 aromatic heterocycles. The molecule has 0 fully saturated rings. The van der Waals surface area contributed by atoms with Gasteiger partial charge in [-0.1, -0.05) is 48.7 Å². The fourth-order valence-corrected chi connectivity index (χ4v) is 3.57. The van der Waals surface area contributed by atoms with Crippen molar-refractivity contribution in [1.29, 1.82) is 0 Å². The zero-order valence-electron chi connectivity index (χ0n) is 9.63. The van der Waals surface area contributed by atoms with E-state index < -0.39 is 8.80 Å². The first-order chi connectivity index (χ1) is 6.29. The molecule has 0 spiro atoms. The summed E-state index contributed by atoms with van der Waals surface area (Å²) in [4.78, 5) is 0. The summed E-state index contributed by atoms with van der Waals surface area (Å²) in [6, 6.07) is 0. The summed E-state index contributed by atoms with van der Waals surface area (Å²) >= 11 is 0. The number of halogens is 2. The second-order valence-corrected chi connectivity index (χ2v) is 6.95. The van der Waals surface area contributed by atoms with Crippen molar-refractivity contribution >= 4 is 8.80 Å². The van der Waals surface area contributed by atoms with E-state index in [1.54, 1.807) is 16.3 Å². The molecule has 0 saturated carbocycles. The average molecular weight is 350 g/mol. The normalized spacial score (nSPS) is 16.8. The maximum absolute atomic E-state index is 2.41. The van der Waals surface area contributed by atoms with E-state index in [1.165, 1.54) is 6.42 Å². The van der Waals surface area contributed by atoms with Gasteiger partial charge in [-0.15, -0.1) is 0 Å². The molecule has 0 radical (unpaired) electrons. The molecule has 0 atom stereocenters. The van der Waals surface area contributed by atoms with Crippen molar-refractivity contribution < 1.29 is 51.0 Å². The van der Waals surface area contributed by atoms with E-state index in [0.29, 0.717) is 0 Å². The molecule has 0 bridgehead atoms. The Hall–Kier alpha value is 0.640. The van der Waals surface area contributed by atoms with Gasteiger partial charge in [-0.05, 0) is 24.0 Å². The third kappa shape index (κ3) is 4.14. The SMILES string of the molecule is C[SiH](C)C1=C(C2=CC=CC2)CC=C1.[Cl-].[Cl-].[Zr+2]. The van der Waals surface area contributed by atoms with E-state index in [-0.39, 0.29) is 51.0 Å². The molecule has 0 nitrogen and oxygen atoms in total. The Morgan fingerprint density at radius 2 is 1.75 bits per heavy atom. The van der Waals surface area contributed by atoms with Crippen LogP contribution >= 0.6 is 0 Å². The molecule has 0 amide bonds. The molecule has 2 aliphatic rings. The van der Waals surface area contributed by atoms with Crippen LogP contribution in [-0.2, 0) is 26.2 Å². The number of hydrogen-bond acceptors (Lipinski definition) is 0. The van der Waals surface area contributed by atoms with E-state index in [9.17, 15) is 0 Å². The Balaban J connectivity index is 0. The molecule has 86 valence electrons. The third-order valence-electron chi connectivity index (χ3n) is 2.75. The molecule has 0 saturated heterocycles. The van der Waals surface area contributed by atoms with Crippen LogP contribution in [0.15, 0.2) is 46.7 Å². The zero-order valence-corrected chi connectivity index (χ0v) is 14.8. The Morgan fingerprint density at radius 1 is 1.06 bits per heavy atom. The number of hydrogen-bond donors (Lipinski definition) is 0. The topological polar surface area (TPSA) is 0 Å². The molecule has 16 heavy (non-hydrogen) atoms. The van der Waals surface area contributed by atoms with Crippen LogP contribution in [0.5, 0.6) is 0 Å². The molecule has 0 heterocycles. The molecular weight excluding hydrogens is 334 g/mol. The second kappa shape index (κ2) is 8.69. The molecule has 2 rings (SSSR count). The van der Waals surface area contributed by atoms with Crippen molar-refractivity contribution in [3.63, 3.8) is 0 Å². The van der Waals surface area contributed by atoms with Crippen LogP contribution in [0.1, 0.15) is 12.8 Å². The fraction of sp³-hybridized carbons (Fsp3) is 0.333. The van der Waals surface area contributed by atoms with Crippen LogP contribution < -0.4 is 24.8 Å². The summed E-state index contributed by atoms with van der Waals surface area (Å²) in [5.74, 6) is 0. The number of allylic oxidation sites excluding steroid dienone is 8. The van der Waals surface area contributed by atoms with Gasteiger partial charge in [0.15, 0.2) is 0 Å². The first kappa shape index (κ1) is 19.0. The predicted octanol–water partition coefficient (Wildman–Crippen LogP) is -2.84. The summed E-state index contributed by atoms with van der Waals surface area (Å²) < 4.78 is 0. The summed E-state index contributed by atoms with van der Waals surface area (Å²) in [5.41, 5.74) is 3.19. The number of rotatable bonds is 2.